The molecule has 7 heavy (non-hydrogen) atoms. The van der Waals surface area contributed by atoms with E-state index in [1.807, 2.05) is 5.48 Å². The van der Waals surface area contributed by atoms with E-state index in [-0.39, 0.29) is 5.91 Å². The summed E-state index contributed by atoms with van der Waals surface area (Å²) >= 11 is 0. The molecule has 0 unspecified atom stereocenters. The van der Waals surface area contributed by atoms with Crippen molar-refractivity contribution in [2.45, 2.75) is 13.3 Å². The molecule has 0 rings (SSSR count). The van der Waals surface area contributed by atoms with Gasteiger partial charge in [-0.05, 0) is 0 Å². The zero-order chi connectivity index (χ0) is 5.70. The second-order valence-corrected chi connectivity index (χ2v) is 0.997. The smallest absolute Gasteiger partial charge is 0.244 e. The van der Waals surface area contributed by atoms with Crippen molar-refractivity contribution in [3.8, 4) is 0 Å². The number of carbonyl (C=O) groups excluding carboxylic acids is 1. The third kappa shape index (κ3) is 3.21. The summed E-state index contributed by atoms with van der Waals surface area (Å²) in [5.74, 6) is 4.25. The van der Waals surface area contributed by atoms with E-state index in [0.29, 0.717) is 6.42 Å². The van der Waals surface area contributed by atoms with Crippen molar-refractivity contribution >= 4 is 5.91 Å². The summed E-state index contributed by atoms with van der Waals surface area (Å²) in [6, 6.07) is 0. The molecular weight excluding hydrogens is 96.0 g/mol. The summed E-state index contributed by atoms with van der Waals surface area (Å²) in [4.78, 5) is 13.9. The molecule has 0 bridgehead atoms. The molecule has 0 saturated carbocycles. The Hall–Kier alpha value is -0.610. The maximum Gasteiger partial charge on any atom is 0.244 e. The highest BCUT2D eigenvalue weighted by molar-refractivity contribution is 5.74. The van der Waals surface area contributed by atoms with E-state index < -0.39 is 0 Å². The van der Waals surface area contributed by atoms with Crippen LogP contribution in [0.4, 0.5) is 0 Å². The number of rotatable bonds is 2. The van der Waals surface area contributed by atoms with E-state index in [1.54, 1.807) is 6.92 Å². The van der Waals surface area contributed by atoms with E-state index in [9.17, 15) is 4.79 Å². The highest BCUT2D eigenvalue weighted by Crippen LogP contribution is 1.70. The minimum absolute atomic E-state index is 0.220. The van der Waals surface area contributed by atoms with Gasteiger partial charge in [0.15, 0.2) is 0 Å². The summed E-state index contributed by atoms with van der Waals surface area (Å²) in [5, 5.41) is 0. The van der Waals surface area contributed by atoms with Gasteiger partial charge in [0.05, 0.1) is 0 Å². The monoisotopic (exact) mass is 104 g/mol. The lowest BCUT2D eigenvalue weighted by Crippen LogP contribution is -2.25. The van der Waals surface area contributed by atoms with Crippen molar-refractivity contribution in [2.24, 2.45) is 5.90 Å². The predicted molar refractivity (Wildman–Crippen MR) is 23.7 cm³/mol. The van der Waals surface area contributed by atoms with E-state index in [0.717, 1.165) is 0 Å². The first-order chi connectivity index (χ1) is 3.31. The van der Waals surface area contributed by atoms with Crippen LogP contribution in [0.5, 0.6) is 0 Å². The van der Waals surface area contributed by atoms with Gasteiger partial charge in [0.25, 0.3) is 0 Å². The van der Waals surface area contributed by atoms with Gasteiger partial charge in [-0.1, -0.05) is 6.92 Å². The molecule has 0 atom stereocenters. The lowest BCUT2D eigenvalue weighted by Gasteiger charge is -1.93. The Labute approximate surface area is 41.5 Å². The van der Waals surface area contributed by atoms with Gasteiger partial charge < -0.3 is 0 Å². The van der Waals surface area contributed by atoms with E-state index in [2.05, 4.69) is 10.8 Å². The number of amides is 1. The first kappa shape index (κ1) is 6.39. The van der Waals surface area contributed by atoms with Crippen LogP contribution in [0.15, 0.2) is 0 Å². The van der Waals surface area contributed by atoms with Gasteiger partial charge in [-0.15, -0.1) is 0 Å². The minimum atomic E-state index is -0.220. The van der Waals surface area contributed by atoms with Crippen molar-refractivity contribution < 1.29 is 9.73 Å². The molecule has 0 radical (unpaired) electrons. The molecular formula is C3H8N2O2. The van der Waals surface area contributed by atoms with Crippen LogP contribution in [0.25, 0.3) is 0 Å². The van der Waals surface area contributed by atoms with Crippen LogP contribution in [0, 0.1) is 0 Å². The van der Waals surface area contributed by atoms with Crippen LogP contribution in [-0.2, 0) is 9.73 Å². The number of hydrogen-bond acceptors (Lipinski definition) is 3. The number of carbonyl (C=O) groups is 1. The second-order valence-electron chi connectivity index (χ2n) is 0.997. The molecule has 42 valence electrons. The molecule has 0 heterocycles. The number of hydrogen-bond donors (Lipinski definition) is 2. The average molecular weight is 104 g/mol. The van der Waals surface area contributed by atoms with Crippen LogP contribution >= 0.6 is 0 Å². The highest BCUT2D eigenvalue weighted by atomic mass is 16.8. The molecule has 0 aromatic heterocycles. The zero-order valence-corrected chi connectivity index (χ0v) is 4.10. The Morgan fingerprint density at radius 2 is 2.57 bits per heavy atom. The fraction of sp³-hybridized carbons (Fsp3) is 0.667. The quantitative estimate of drug-likeness (QED) is 0.456. The molecule has 4 heteroatoms. The van der Waals surface area contributed by atoms with Crippen molar-refractivity contribution in [1.82, 2.24) is 5.48 Å². The van der Waals surface area contributed by atoms with Crippen LogP contribution in [0.3, 0.4) is 0 Å². The van der Waals surface area contributed by atoms with Crippen molar-refractivity contribution in [2.75, 3.05) is 0 Å². The number of nitrogens with one attached hydrogen (secondary N) is 1. The SMILES string of the molecule is CCC(=O)NON. The lowest BCUT2D eigenvalue weighted by atomic mass is 10.5. The molecule has 0 saturated heterocycles. The van der Waals surface area contributed by atoms with Crippen molar-refractivity contribution in [3.63, 3.8) is 0 Å². The third-order valence-electron chi connectivity index (χ3n) is 0.494. The van der Waals surface area contributed by atoms with Crippen molar-refractivity contribution in [1.29, 1.82) is 0 Å². The topological polar surface area (TPSA) is 64.3 Å². The van der Waals surface area contributed by atoms with E-state index >= 15 is 0 Å². The van der Waals surface area contributed by atoms with Gasteiger partial charge in [-0.25, -0.2) is 5.48 Å². The van der Waals surface area contributed by atoms with Gasteiger partial charge in [-0.3, -0.25) is 4.79 Å². The molecule has 0 aromatic carbocycles. The fourth-order valence-electron chi connectivity index (χ4n) is 0.138. The van der Waals surface area contributed by atoms with Gasteiger partial charge in [0.1, 0.15) is 0 Å². The molecule has 0 aliphatic heterocycles. The second kappa shape index (κ2) is 3.58. The average Bonchev–Trinajstić information content (AvgIpc) is 1.68. The van der Waals surface area contributed by atoms with Gasteiger partial charge >= 0.3 is 0 Å². The van der Waals surface area contributed by atoms with Crippen LogP contribution in [-0.4, -0.2) is 5.91 Å². The minimum Gasteiger partial charge on any atom is -0.273 e. The molecule has 4 nitrogen and oxygen atoms in total. The molecule has 0 aliphatic carbocycles. The standard InChI is InChI=1S/C3H8N2O2/c1-2-3(6)5-7-4/h2,4H2,1H3,(H,5,6). The normalized spacial score (nSPS) is 8.29. The Morgan fingerprint density at radius 1 is 2.00 bits per heavy atom. The summed E-state index contributed by atoms with van der Waals surface area (Å²) in [7, 11) is 0. The van der Waals surface area contributed by atoms with Gasteiger partial charge in [-0.2, -0.15) is 10.8 Å². The Bertz CT molecular complexity index is 64.0. The van der Waals surface area contributed by atoms with Gasteiger partial charge in [0.2, 0.25) is 5.91 Å². The Kier molecular flexibility index (Phi) is 3.26. The Morgan fingerprint density at radius 3 is 2.71 bits per heavy atom. The highest BCUT2D eigenvalue weighted by Gasteiger charge is 1.89. The Balaban J connectivity index is 3.00. The van der Waals surface area contributed by atoms with E-state index in [1.165, 1.54) is 0 Å². The lowest BCUT2D eigenvalue weighted by molar-refractivity contribution is -0.133. The summed E-state index contributed by atoms with van der Waals surface area (Å²) in [6.45, 7) is 1.70. The maximum absolute atomic E-state index is 10.1. The molecule has 0 fully saturated rings. The zero-order valence-electron chi connectivity index (χ0n) is 4.10. The fourth-order valence-corrected chi connectivity index (χ4v) is 0.138. The predicted octanol–water partition coefficient (Wildman–Crippen LogP) is -0.682. The van der Waals surface area contributed by atoms with Crippen LogP contribution in [0.1, 0.15) is 13.3 Å². The first-order valence-corrected chi connectivity index (χ1v) is 1.95. The molecule has 3 N–H and O–H groups in total. The molecule has 0 spiro atoms. The summed E-state index contributed by atoms with van der Waals surface area (Å²) < 4.78 is 0. The third-order valence-corrected chi connectivity index (χ3v) is 0.494. The molecule has 0 aliphatic rings. The first-order valence-electron chi connectivity index (χ1n) is 1.95. The van der Waals surface area contributed by atoms with E-state index in [4.69, 9.17) is 0 Å². The summed E-state index contributed by atoms with van der Waals surface area (Å²) in [6.07, 6.45) is 0.386. The molecule has 1 amide bonds. The van der Waals surface area contributed by atoms with Crippen LogP contribution < -0.4 is 11.4 Å². The molecule has 0 aromatic rings. The van der Waals surface area contributed by atoms with Crippen molar-refractivity contribution in [3.05, 3.63) is 0 Å². The maximum atomic E-state index is 10.1. The van der Waals surface area contributed by atoms with Crippen LogP contribution in [0.2, 0.25) is 0 Å². The largest absolute Gasteiger partial charge is 0.273 e. The summed E-state index contributed by atoms with van der Waals surface area (Å²) in [5.41, 5.74) is 1.93. The number of nitrogens with two attached hydrogens (primary N) is 1. The van der Waals surface area contributed by atoms with Gasteiger partial charge in [0, 0.05) is 6.42 Å². The number of hydroxylamine groups is 1.